The van der Waals surface area contributed by atoms with Gasteiger partial charge >= 0.3 is 5.63 Å². The van der Waals surface area contributed by atoms with E-state index < -0.39 is 5.63 Å². The highest BCUT2D eigenvalue weighted by Gasteiger charge is 2.06. The van der Waals surface area contributed by atoms with Crippen molar-refractivity contribution < 1.29 is 13.9 Å². The van der Waals surface area contributed by atoms with E-state index in [0.717, 1.165) is 11.1 Å². The highest BCUT2D eigenvalue weighted by Crippen LogP contribution is 2.19. The molecule has 0 spiro atoms. The molecule has 0 aliphatic rings. The van der Waals surface area contributed by atoms with Crippen LogP contribution in [0.15, 0.2) is 76.5 Å². The monoisotopic (exact) mass is 362 g/mol. The second-order valence-electron chi connectivity index (χ2n) is 5.71. The molecule has 0 saturated carbocycles. The number of hydrogen-bond acceptors (Lipinski definition) is 6. The average molecular weight is 362 g/mol. The SMILES string of the molecule is O=C(COc1ccc2ccc(=O)oc2c1)Nc1cccc(-n2cnnc2)c1. The second-order valence-corrected chi connectivity index (χ2v) is 5.71. The molecule has 0 radical (unpaired) electrons. The number of fused-ring (bicyclic) bond motifs is 1. The normalized spacial score (nSPS) is 10.7. The molecule has 4 aromatic rings. The van der Waals surface area contributed by atoms with Crippen molar-refractivity contribution in [3.63, 3.8) is 0 Å². The molecule has 0 fully saturated rings. The van der Waals surface area contributed by atoms with Crippen LogP contribution in [-0.4, -0.2) is 27.3 Å². The lowest BCUT2D eigenvalue weighted by Crippen LogP contribution is -2.20. The van der Waals surface area contributed by atoms with Crippen LogP contribution in [0.5, 0.6) is 5.75 Å². The highest BCUT2D eigenvalue weighted by molar-refractivity contribution is 5.92. The van der Waals surface area contributed by atoms with Crippen LogP contribution < -0.4 is 15.7 Å². The predicted octanol–water partition coefficient (Wildman–Crippen LogP) is 2.39. The van der Waals surface area contributed by atoms with E-state index in [1.54, 1.807) is 53.6 Å². The highest BCUT2D eigenvalue weighted by atomic mass is 16.5. The van der Waals surface area contributed by atoms with Gasteiger partial charge in [-0.15, -0.1) is 10.2 Å². The van der Waals surface area contributed by atoms with Gasteiger partial charge in [0.15, 0.2) is 6.61 Å². The maximum Gasteiger partial charge on any atom is 0.336 e. The van der Waals surface area contributed by atoms with Gasteiger partial charge < -0.3 is 14.5 Å². The maximum absolute atomic E-state index is 12.2. The number of anilines is 1. The molecule has 0 bridgehead atoms. The zero-order valence-electron chi connectivity index (χ0n) is 14.0. The Morgan fingerprint density at radius 3 is 2.74 bits per heavy atom. The van der Waals surface area contributed by atoms with Crippen LogP contribution in [0.1, 0.15) is 0 Å². The van der Waals surface area contributed by atoms with Crippen LogP contribution >= 0.6 is 0 Å². The molecule has 134 valence electrons. The topological polar surface area (TPSA) is 99.2 Å². The Hall–Kier alpha value is -3.94. The fourth-order valence-electron chi connectivity index (χ4n) is 2.56. The number of aromatic nitrogens is 3. The fourth-order valence-corrected chi connectivity index (χ4v) is 2.56. The molecule has 8 nitrogen and oxygen atoms in total. The quantitative estimate of drug-likeness (QED) is 0.547. The number of carbonyl (C=O) groups is 1. The first-order valence-electron chi connectivity index (χ1n) is 8.09. The first-order valence-corrected chi connectivity index (χ1v) is 8.09. The van der Waals surface area contributed by atoms with Crippen molar-refractivity contribution in [3.8, 4) is 11.4 Å². The van der Waals surface area contributed by atoms with E-state index in [2.05, 4.69) is 15.5 Å². The van der Waals surface area contributed by atoms with E-state index in [1.165, 1.54) is 6.07 Å². The first-order chi connectivity index (χ1) is 13.2. The molecular formula is C19H14N4O4. The summed E-state index contributed by atoms with van der Waals surface area (Å²) in [5.41, 5.74) is 1.41. The van der Waals surface area contributed by atoms with Gasteiger partial charge in [-0.1, -0.05) is 6.07 Å². The van der Waals surface area contributed by atoms with Crippen molar-refractivity contribution >= 4 is 22.6 Å². The standard InChI is InChI=1S/C19H14N4O4/c24-18(22-14-2-1-3-15(8-14)23-11-20-21-12-23)10-26-16-6-4-13-5-7-19(25)27-17(13)9-16/h1-9,11-12H,10H2,(H,22,24). The fraction of sp³-hybridized carbons (Fsp3) is 0.0526. The van der Waals surface area contributed by atoms with Gasteiger partial charge in [-0.25, -0.2) is 4.79 Å². The van der Waals surface area contributed by atoms with Crippen molar-refractivity contribution in [2.75, 3.05) is 11.9 Å². The molecule has 0 aliphatic heterocycles. The van der Waals surface area contributed by atoms with Gasteiger partial charge in [0.05, 0.1) is 5.69 Å². The Morgan fingerprint density at radius 1 is 1.07 bits per heavy atom. The summed E-state index contributed by atoms with van der Waals surface area (Å²) in [6.45, 7) is -0.181. The molecule has 1 amide bonds. The molecule has 4 rings (SSSR count). The Kier molecular flexibility index (Phi) is 4.36. The zero-order chi connectivity index (χ0) is 18.6. The lowest BCUT2D eigenvalue weighted by Gasteiger charge is -2.09. The van der Waals surface area contributed by atoms with Crippen LogP contribution in [0.3, 0.4) is 0 Å². The third-order valence-corrected chi connectivity index (χ3v) is 3.81. The van der Waals surface area contributed by atoms with Gasteiger partial charge in [0.2, 0.25) is 0 Å². The van der Waals surface area contributed by atoms with Crippen LogP contribution in [0.4, 0.5) is 5.69 Å². The first kappa shape index (κ1) is 16.5. The molecule has 2 aromatic heterocycles. The number of rotatable bonds is 5. The molecule has 1 N–H and O–H groups in total. The summed E-state index contributed by atoms with van der Waals surface area (Å²) in [6, 6.07) is 15.3. The van der Waals surface area contributed by atoms with Crippen molar-refractivity contribution in [2.24, 2.45) is 0 Å². The maximum atomic E-state index is 12.2. The molecule has 8 heteroatoms. The molecule has 2 aromatic carbocycles. The molecule has 0 unspecified atom stereocenters. The van der Waals surface area contributed by atoms with Crippen molar-refractivity contribution in [1.29, 1.82) is 0 Å². The summed E-state index contributed by atoms with van der Waals surface area (Å²) in [6.07, 6.45) is 3.14. The Morgan fingerprint density at radius 2 is 1.89 bits per heavy atom. The third kappa shape index (κ3) is 3.84. The molecule has 0 atom stereocenters. The average Bonchev–Trinajstić information content (AvgIpc) is 3.21. The van der Waals surface area contributed by atoms with E-state index in [9.17, 15) is 9.59 Å². The molecule has 2 heterocycles. The summed E-state index contributed by atoms with van der Waals surface area (Å²) < 4.78 is 12.3. The Balaban J connectivity index is 1.41. The Labute approximate surface area is 153 Å². The minimum absolute atomic E-state index is 0.181. The zero-order valence-corrected chi connectivity index (χ0v) is 14.0. The largest absolute Gasteiger partial charge is 0.484 e. The molecule has 27 heavy (non-hydrogen) atoms. The number of hydrogen-bond donors (Lipinski definition) is 1. The number of amides is 1. The van der Waals surface area contributed by atoms with E-state index in [-0.39, 0.29) is 12.5 Å². The van der Waals surface area contributed by atoms with E-state index in [0.29, 0.717) is 17.0 Å². The third-order valence-electron chi connectivity index (χ3n) is 3.81. The van der Waals surface area contributed by atoms with Crippen LogP contribution in [0.25, 0.3) is 16.7 Å². The van der Waals surface area contributed by atoms with Crippen molar-refractivity contribution in [1.82, 2.24) is 14.8 Å². The summed E-state index contributed by atoms with van der Waals surface area (Å²) in [7, 11) is 0. The number of benzene rings is 2. The lowest BCUT2D eigenvalue weighted by molar-refractivity contribution is -0.118. The van der Waals surface area contributed by atoms with Crippen LogP contribution in [0.2, 0.25) is 0 Å². The predicted molar refractivity (Wildman–Crippen MR) is 98.0 cm³/mol. The second kappa shape index (κ2) is 7.12. The van der Waals surface area contributed by atoms with E-state index in [4.69, 9.17) is 9.15 Å². The van der Waals surface area contributed by atoms with Gasteiger partial charge in [0.25, 0.3) is 5.91 Å². The molecule has 0 saturated heterocycles. The minimum atomic E-state index is -0.439. The van der Waals surface area contributed by atoms with Gasteiger partial charge in [0.1, 0.15) is 24.0 Å². The van der Waals surface area contributed by atoms with Crippen LogP contribution in [-0.2, 0) is 4.79 Å². The lowest BCUT2D eigenvalue weighted by atomic mass is 10.2. The number of ether oxygens (including phenoxy) is 1. The number of nitrogens with zero attached hydrogens (tertiary/aromatic N) is 3. The van der Waals surface area contributed by atoms with Gasteiger partial charge in [0, 0.05) is 23.2 Å². The van der Waals surface area contributed by atoms with Crippen molar-refractivity contribution in [2.45, 2.75) is 0 Å². The summed E-state index contributed by atoms with van der Waals surface area (Å²) in [4.78, 5) is 23.5. The van der Waals surface area contributed by atoms with Gasteiger partial charge in [-0.2, -0.15) is 0 Å². The number of carbonyl (C=O) groups excluding carboxylic acids is 1. The van der Waals surface area contributed by atoms with Gasteiger partial charge in [-0.3, -0.25) is 9.36 Å². The van der Waals surface area contributed by atoms with E-state index in [1.807, 2.05) is 12.1 Å². The van der Waals surface area contributed by atoms with Gasteiger partial charge in [-0.05, 0) is 36.4 Å². The van der Waals surface area contributed by atoms with E-state index >= 15 is 0 Å². The van der Waals surface area contributed by atoms with Crippen LogP contribution in [0, 0.1) is 0 Å². The minimum Gasteiger partial charge on any atom is -0.484 e. The summed E-state index contributed by atoms with van der Waals surface area (Å²) in [5, 5.41) is 11.1. The molecule has 0 aliphatic carbocycles. The van der Waals surface area contributed by atoms with Crippen molar-refractivity contribution in [3.05, 3.63) is 77.7 Å². The Bertz CT molecular complexity index is 1150. The number of nitrogens with one attached hydrogen (secondary N) is 1. The smallest absolute Gasteiger partial charge is 0.336 e. The summed E-state index contributed by atoms with van der Waals surface area (Å²) >= 11 is 0. The molecular weight excluding hydrogens is 348 g/mol. The summed E-state index contributed by atoms with van der Waals surface area (Å²) in [5.74, 6) is 0.121.